The van der Waals surface area contributed by atoms with Crippen molar-refractivity contribution in [2.75, 3.05) is 33.2 Å². The lowest BCUT2D eigenvalue weighted by atomic mass is 10.1. The predicted molar refractivity (Wildman–Crippen MR) is 65.6 cm³/mol. The van der Waals surface area contributed by atoms with Crippen molar-refractivity contribution < 1.29 is 9.59 Å². The minimum absolute atomic E-state index is 0.174. The zero-order valence-electron chi connectivity index (χ0n) is 10.8. The Bertz CT molecular complexity index is 307. The van der Waals surface area contributed by atoms with Crippen LogP contribution in [0.3, 0.4) is 0 Å². The van der Waals surface area contributed by atoms with Crippen LogP contribution in [0.4, 0.5) is 0 Å². The van der Waals surface area contributed by atoms with Gasteiger partial charge >= 0.3 is 0 Å². The Labute approximate surface area is 103 Å². The van der Waals surface area contributed by atoms with Crippen LogP contribution >= 0.6 is 0 Å². The van der Waals surface area contributed by atoms with E-state index in [0.717, 1.165) is 18.4 Å². The molecule has 17 heavy (non-hydrogen) atoms. The number of rotatable bonds is 4. The van der Waals surface area contributed by atoms with Crippen LogP contribution in [0.2, 0.25) is 0 Å². The molecule has 0 spiro atoms. The first-order valence-electron chi connectivity index (χ1n) is 6.54. The second-order valence-corrected chi connectivity index (χ2v) is 5.59. The zero-order chi connectivity index (χ0) is 12.4. The van der Waals surface area contributed by atoms with Gasteiger partial charge in [-0.3, -0.25) is 14.5 Å². The quantitative estimate of drug-likeness (QED) is 0.726. The first-order valence-corrected chi connectivity index (χ1v) is 6.54. The average molecular weight is 238 g/mol. The minimum Gasteiger partial charge on any atom is -0.341 e. The maximum Gasteiger partial charge on any atom is 0.236 e. The van der Waals surface area contributed by atoms with Crippen molar-refractivity contribution in [2.45, 2.75) is 26.2 Å². The van der Waals surface area contributed by atoms with Crippen LogP contribution in [-0.2, 0) is 9.59 Å². The first-order chi connectivity index (χ1) is 8.06. The van der Waals surface area contributed by atoms with Gasteiger partial charge in [0.15, 0.2) is 0 Å². The smallest absolute Gasteiger partial charge is 0.236 e. The number of carbonyl (C=O) groups is 2. The summed E-state index contributed by atoms with van der Waals surface area (Å²) < 4.78 is 0. The van der Waals surface area contributed by atoms with Crippen molar-refractivity contribution >= 4 is 11.7 Å². The van der Waals surface area contributed by atoms with E-state index in [9.17, 15) is 9.59 Å². The lowest BCUT2D eigenvalue weighted by Crippen LogP contribution is -2.43. The van der Waals surface area contributed by atoms with E-state index in [1.54, 1.807) is 0 Å². The highest BCUT2D eigenvalue weighted by molar-refractivity contribution is 5.84. The number of hydrogen-bond acceptors (Lipinski definition) is 3. The van der Waals surface area contributed by atoms with E-state index in [2.05, 4.69) is 11.8 Å². The summed E-state index contributed by atoms with van der Waals surface area (Å²) >= 11 is 0. The fraction of sp³-hybridized carbons (Fsp3) is 0.846. The van der Waals surface area contributed by atoms with Gasteiger partial charge in [-0.1, -0.05) is 6.92 Å². The molecule has 1 heterocycles. The predicted octanol–water partition coefficient (Wildman–Crippen LogP) is 0.766. The van der Waals surface area contributed by atoms with E-state index in [1.165, 1.54) is 6.42 Å². The van der Waals surface area contributed by atoms with Gasteiger partial charge in [0.25, 0.3) is 0 Å². The van der Waals surface area contributed by atoms with Crippen LogP contribution in [0.25, 0.3) is 0 Å². The molecule has 2 fully saturated rings. The topological polar surface area (TPSA) is 40.6 Å². The standard InChI is InChI=1S/C13H22N2O2/c1-10-7-11(10)8-14(2)9-13(17)15-5-3-12(16)4-6-15/h10-11H,3-9H2,1-2H3. The van der Waals surface area contributed by atoms with E-state index in [1.807, 2.05) is 11.9 Å². The molecule has 1 saturated heterocycles. The summed E-state index contributed by atoms with van der Waals surface area (Å²) in [5, 5.41) is 0. The van der Waals surface area contributed by atoms with Gasteiger partial charge in [-0.15, -0.1) is 0 Å². The first kappa shape index (κ1) is 12.6. The summed E-state index contributed by atoms with van der Waals surface area (Å²) in [6.45, 7) is 5.02. The number of likely N-dealkylation sites (N-methyl/N-ethyl adjacent to an activating group) is 1. The molecule has 0 aromatic heterocycles. The van der Waals surface area contributed by atoms with Gasteiger partial charge in [-0.25, -0.2) is 0 Å². The molecule has 4 heteroatoms. The lowest BCUT2D eigenvalue weighted by Gasteiger charge is -2.28. The Morgan fingerprint density at radius 1 is 1.41 bits per heavy atom. The summed E-state index contributed by atoms with van der Waals surface area (Å²) in [5.41, 5.74) is 0. The fourth-order valence-corrected chi connectivity index (χ4v) is 2.45. The average Bonchev–Trinajstić information content (AvgIpc) is 2.94. The molecular weight excluding hydrogens is 216 g/mol. The van der Waals surface area contributed by atoms with E-state index in [-0.39, 0.29) is 11.7 Å². The third-order valence-electron chi connectivity index (χ3n) is 3.90. The molecule has 1 aliphatic heterocycles. The fourth-order valence-electron chi connectivity index (χ4n) is 2.45. The Morgan fingerprint density at radius 3 is 2.53 bits per heavy atom. The number of amides is 1. The molecule has 1 saturated carbocycles. The molecule has 1 aliphatic carbocycles. The van der Waals surface area contributed by atoms with Gasteiger partial charge in [0.2, 0.25) is 5.91 Å². The lowest BCUT2D eigenvalue weighted by molar-refractivity contribution is -0.135. The molecule has 2 rings (SSSR count). The molecule has 2 unspecified atom stereocenters. The minimum atomic E-state index is 0.174. The molecule has 0 aromatic carbocycles. The number of carbonyl (C=O) groups excluding carboxylic acids is 2. The van der Waals surface area contributed by atoms with Crippen molar-refractivity contribution in [3.8, 4) is 0 Å². The molecule has 0 aromatic rings. The molecule has 2 atom stereocenters. The van der Waals surface area contributed by atoms with Crippen molar-refractivity contribution in [2.24, 2.45) is 11.8 Å². The maximum absolute atomic E-state index is 12.0. The summed E-state index contributed by atoms with van der Waals surface area (Å²) in [7, 11) is 2.01. The maximum atomic E-state index is 12.0. The Balaban J connectivity index is 1.70. The van der Waals surface area contributed by atoms with Gasteiger partial charge in [0, 0.05) is 32.5 Å². The summed E-state index contributed by atoms with van der Waals surface area (Å²) in [4.78, 5) is 27.0. The van der Waals surface area contributed by atoms with Gasteiger partial charge in [0.1, 0.15) is 5.78 Å². The van der Waals surface area contributed by atoms with E-state index >= 15 is 0 Å². The summed E-state index contributed by atoms with van der Waals surface area (Å²) in [6.07, 6.45) is 2.38. The third-order valence-corrected chi connectivity index (χ3v) is 3.90. The Morgan fingerprint density at radius 2 is 2.00 bits per heavy atom. The number of ketones is 1. The van der Waals surface area contributed by atoms with Crippen LogP contribution in [0, 0.1) is 11.8 Å². The number of likely N-dealkylation sites (tertiary alicyclic amines) is 1. The summed E-state index contributed by atoms with van der Waals surface area (Å²) in [5.74, 6) is 2.08. The zero-order valence-corrected chi connectivity index (χ0v) is 10.8. The van der Waals surface area contributed by atoms with Gasteiger partial charge < -0.3 is 4.90 Å². The number of nitrogens with zero attached hydrogens (tertiary/aromatic N) is 2. The molecule has 1 amide bonds. The van der Waals surface area contributed by atoms with E-state index in [0.29, 0.717) is 32.5 Å². The van der Waals surface area contributed by atoms with Crippen molar-refractivity contribution in [1.29, 1.82) is 0 Å². The largest absolute Gasteiger partial charge is 0.341 e. The van der Waals surface area contributed by atoms with Gasteiger partial charge in [-0.2, -0.15) is 0 Å². The molecular formula is C13H22N2O2. The van der Waals surface area contributed by atoms with Crippen LogP contribution in [0.1, 0.15) is 26.2 Å². The second kappa shape index (κ2) is 5.17. The molecule has 2 aliphatic rings. The van der Waals surface area contributed by atoms with Crippen LogP contribution in [-0.4, -0.2) is 54.7 Å². The number of hydrogen-bond donors (Lipinski definition) is 0. The van der Waals surface area contributed by atoms with Crippen LogP contribution in [0.5, 0.6) is 0 Å². The monoisotopic (exact) mass is 238 g/mol. The molecule has 0 N–H and O–H groups in total. The molecule has 0 bridgehead atoms. The third kappa shape index (κ3) is 3.53. The molecule has 96 valence electrons. The Kier molecular flexibility index (Phi) is 3.82. The van der Waals surface area contributed by atoms with Crippen LogP contribution < -0.4 is 0 Å². The highest BCUT2D eigenvalue weighted by Gasteiger charge is 2.33. The number of piperidine rings is 1. The summed E-state index contributed by atoms with van der Waals surface area (Å²) in [6, 6.07) is 0. The Hall–Kier alpha value is -0.900. The number of Topliss-reactive ketones (excluding diaryl/α,β-unsaturated/α-hetero) is 1. The SMILES string of the molecule is CC1CC1CN(C)CC(=O)N1CCC(=O)CC1. The van der Waals surface area contributed by atoms with Crippen molar-refractivity contribution in [3.63, 3.8) is 0 Å². The van der Waals surface area contributed by atoms with Gasteiger partial charge in [-0.05, 0) is 25.3 Å². The van der Waals surface area contributed by atoms with E-state index < -0.39 is 0 Å². The van der Waals surface area contributed by atoms with E-state index in [4.69, 9.17) is 0 Å². The normalized spacial score (nSPS) is 28.6. The molecule has 4 nitrogen and oxygen atoms in total. The van der Waals surface area contributed by atoms with Gasteiger partial charge in [0.05, 0.1) is 6.54 Å². The highest BCUT2D eigenvalue weighted by Crippen LogP contribution is 2.37. The van der Waals surface area contributed by atoms with Crippen molar-refractivity contribution in [1.82, 2.24) is 9.80 Å². The van der Waals surface area contributed by atoms with Crippen LogP contribution in [0.15, 0.2) is 0 Å². The van der Waals surface area contributed by atoms with Crippen molar-refractivity contribution in [3.05, 3.63) is 0 Å². The highest BCUT2D eigenvalue weighted by atomic mass is 16.2. The molecule has 0 radical (unpaired) electrons. The second-order valence-electron chi connectivity index (χ2n) is 5.59.